The van der Waals surface area contributed by atoms with E-state index in [-0.39, 0.29) is 17.6 Å². The first-order chi connectivity index (χ1) is 9.47. The molecule has 106 valence electrons. The zero-order valence-corrected chi connectivity index (χ0v) is 11.8. The molecule has 5 nitrogen and oxygen atoms in total. The minimum Gasteiger partial charge on any atom is -0.335 e. The standard InChI is InChI=1S/C15H18N2O3/c1-4-5-6-10-15(18)16(3)12(2)13-8-7-9-14(11-13)17(19)20/h4-12H,1-3H3/b5-4+,10-6+/t12-/m1/s1. The fourth-order valence-electron chi connectivity index (χ4n) is 1.68. The molecule has 0 aliphatic rings. The van der Waals surface area contributed by atoms with Crippen molar-refractivity contribution >= 4 is 11.6 Å². The molecule has 1 rings (SSSR count). The minimum absolute atomic E-state index is 0.0275. The second-order valence-electron chi connectivity index (χ2n) is 4.36. The zero-order chi connectivity index (χ0) is 15.1. The third-order valence-corrected chi connectivity index (χ3v) is 3.03. The normalized spacial score (nSPS) is 12.8. The largest absolute Gasteiger partial charge is 0.335 e. The number of rotatable bonds is 5. The van der Waals surface area contributed by atoms with Crippen molar-refractivity contribution in [2.24, 2.45) is 0 Å². The topological polar surface area (TPSA) is 63.5 Å². The molecule has 1 aromatic carbocycles. The van der Waals surface area contributed by atoms with Crippen molar-refractivity contribution in [1.29, 1.82) is 0 Å². The summed E-state index contributed by atoms with van der Waals surface area (Å²) in [5.74, 6) is -0.151. The Kier molecular flexibility index (Phi) is 5.65. The van der Waals surface area contributed by atoms with Crippen LogP contribution in [-0.2, 0) is 4.79 Å². The molecule has 0 saturated carbocycles. The van der Waals surface area contributed by atoms with Gasteiger partial charge < -0.3 is 4.90 Å². The van der Waals surface area contributed by atoms with Crippen LogP contribution in [-0.4, -0.2) is 22.8 Å². The highest BCUT2D eigenvalue weighted by Crippen LogP contribution is 2.23. The Hall–Kier alpha value is -2.43. The van der Waals surface area contributed by atoms with Crippen molar-refractivity contribution in [3.8, 4) is 0 Å². The molecule has 0 saturated heterocycles. The molecule has 0 heterocycles. The monoisotopic (exact) mass is 274 g/mol. The number of carbonyl (C=O) groups excluding carboxylic acids is 1. The van der Waals surface area contributed by atoms with Crippen molar-refractivity contribution in [1.82, 2.24) is 4.90 Å². The van der Waals surface area contributed by atoms with Crippen LogP contribution in [0, 0.1) is 10.1 Å². The van der Waals surface area contributed by atoms with Crippen LogP contribution in [0.1, 0.15) is 25.5 Å². The van der Waals surface area contributed by atoms with E-state index in [9.17, 15) is 14.9 Å². The zero-order valence-electron chi connectivity index (χ0n) is 11.8. The fourth-order valence-corrected chi connectivity index (χ4v) is 1.68. The first-order valence-corrected chi connectivity index (χ1v) is 6.28. The molecule has 1 amide bonds. The van der Waals surface area contributed by atoms with Crippen molar-refractivity contribution in [3.63, 3.8) is 0 Å². The van der Waals surface area contributed by atoms with Gasteiger partial charge in [0.15, 0.2) is 0 Å². The Morgan fingerprint density at radius 3 is 2.70 bits per heavy atom. The van der Waals surface area contributed by atoms with Crippen LogP contribution in [0.2, 0.25) is 0 Å². The lowest BCUT2D eigenvalue weighted by Gasteiger charge is -2.24. The lowest BCUT2D eigenvalue weighted by atomic mass is 10.1. The number of nitro groups is 1. The van der Waals surface area contributed by atoms with Gasteiger partial charge in [-0.05, 0) is 19.4 Å². The van der Waals surface area contributed by atoms with Gasteiger partial charge >= 0.3 is 0 Å². The molecule has 0 aliphatic heterocycles. The molecular weight excluding hydrogens is 256 g/mol. The minimum atomic E-state index is -0.440. The second-order valence-corrected chi connectivity index (χ2v) is 4.36. The average Bonchev–Trinajstić information content (AvgIpc) is 2.45. The Balaban J connectivity index is 2.88. The summed E-state index contributed by atoms with van der Waals surface area (Å²) in [6, 6.07) is 6.08. The van der Waals surface area contributed by atoms with Crippen molar-refractivity contribution in [2.45, 2.75) is 19.9 Å². The summed E-state index contributed by atoms with van der Waals surface area (Å²) in [4.78, 5) is 23.8. The number of nitro benzene ring substituents is 1. The average molecular weight is 274 g/mol. The van der Waals surface area contributed by atoms with E-state index in [1.54, 1.807) is 36.2 Å². The van der Waals surface area contributed by atoms with Gasteiger partial charge in [-0.1, -0.05) is 30.4 Å². The molecular formula is C15H18N2O3. The van der Waals surface area contributed by atoms with E-state index in [0.29, 0.717) is 0 Å². The quantitative estimate of drug-likeness (QED) is 0.358. The fraction of sp³-hybridized carbons (Fsp3) is 0.267. The number of hydrogen-bond donors (Lipinski definition) is 0. The van der Waals surface area contributed by atoms with Crippen molar-refractivity contribution in [3.05, 3.63) is 64.2 Å². The molecule has 5 heteroatoms. The molecule has 1 atom stereocenters. The second kappa shape index (κ2) is 7.23. The first-order valence-electron chi connectivity index (χ1n) is 6.28. The van der Waals surface area contributed by atoms with E-state index < -0.39 is 4.92 Å². The van der Waals surface area contributed by atoms with E-state index in [4.69, 9.17) is 0 Å². The predicted octanol–water partition coefficient (Wildman–Crippen LogP) is 3.25. The Morgan fingerprint density at radius 1 is 1.40 bits per heavy atom. The van der Waals surface area contributed by atoms with Crippen LogP contribution in [0.4, 0.5) is 5.69 Å². The van der Waals surface area contributed by atoms with Gasteiger partial charge in [0, 0.05) is 25.3 Å². The van der Waals surface area contributed by atoms with E-state index in [0.717, 1.165) is 5.56 Å². The number of allylic oxidation sites excluding steroid dienone is 3. The van der Waals surface area contributed by atoms with Crippen LogP contribution in [0.5, 0.6) is 0 Å². The molecule has 0 N–H and O–H groups in total. The highest BCUT2D eigenvalue weighted by molar-refractivity contribution is 5.88. The Morgan fingerprint density at radius 2 is 2.10 bits per heavy atom. The van der Waals surface area contributed by atoms with Gasteiger partial charge in [-0.2, -0.15) is 0 Å². The highest BCUT2D eigenvalue weighted by Gasteiger charge is 2.17. The van der Waals surface area contributed by atoms with E-state index in [1.807, 2.05) is 19.9 Å². The maximum atomic E-state index is 11.9. The van der Waals surface area contributed by atoms with Gasteiger partial charge in [-0.15, -0.1) is 0 Å². The molecule has 0 bridgehead atoms. The van der Waals surface area contributed by atoms with Gasteiger partial charge in [0.1, 0.15) is 0 Å². The number of amides is 1. The summed E-state index contributed by atoms with van der Waals surface area (Å²) in [5, 5.41) is 10.8. The maximum Gasteiger partial charge on any atom is 0.269 e. The third-order valence-electron chi connectivity index (χ3n) is 3.03. The molecule has 0 fully saturated rings. The lowest BCUT2D eigenvalue weighted by molar-refractivity contribution is -0.384. The van der Waals surface area contributed by atoms with E-state index in [1.165, 1.54) is 18.2 Å². The van der Waals surface area contributed by atoms with Gasteiger partial charge in [-0.3, -0.25) is 14.9 Å². The predicted molar refractivity (Wildman–Crippen MR) is 78.2 cm³/mol. The molecule has 0 aliphatic carbocycles. The van der Waals surface area contributed by atoms with E-state index >= 15 is 0 Å². The van der Waals surface area contributed by atoms with Crippen LogP contribution in [0.3, 0.4) is 0 Å². The summed E-state index contributed by atoms with van der Waals surface area (Å²) >= 11 is 0. The van der Waals surface area contributed by atoms with E-state index in [2.05, 4.69) is 0 Å². The number of carbonyl (C=O) groups is 1. The summed E-state index contributed by atoms with van der Waals surface area (Å²) in [7, 11) is 1.67. The maximum absolute atomic E-state index is 11.9. The van der Waals surface area contributed by atoms with Crippen LogP contribution < -0.4 is 0 Å². The highest BCUT2D eigenvalue weighted by atomic mass is 16.6. The Labute approximate surface area is 118 Å². The number of non-ortho nitro benzene ring substituents is 1. The lowest BCUT2D eigenvalue weighted by Crippen LogP contribution is -2.28. The van der Waals surface area contributed by atoms with Crippen LogP contribution >= 0.6 is 0 Å². The molecule has 20 heavy (non-hydrogen) atoms. The smallest absolute Gasteiger partial charge is 0.269 e. The number of benzene rings is 1. The summed E-state index contributed by atoms with van der Waals surface area (Å²) in [6.07, 6.45) is 6.73. The number of likely N-dealkylation sites (N-methyl/N-ethyl adjacent to an activating group) is 1. The van der Waals surface area contributed by atoms with Gasteiger partial charge in [0.2, 0.25) is 5.91 Å². The van der Waals surface area contributed by atoms with Crippen LogP contribution in [0.15, 0.2) is 48.6 Å². The first kappa shape index (κ1) is 15.6. The van der Waals surface area contributed by atoms with Gasteiger partial charge in [0.05, 0.1) is 11.0 Å². The van der Waals surface area contributed by atoms with Gasteiger partial charge in [0.25, 0.3) is 5.69 Å². The van der Waals surface area contributed by atoms with Crippen molar-refractivity contribution < 1.29 is 9.72 Å². The summed E-state index contributed by atoms with van der Waals surface area (Å²) in [5.41, 5.74) is 0.758. The summed E-state index contributed by atoms with van der Waals surface area (Å²) < 4.78 is 0. The molecule has 0 spiro atoms. The molecule has 0 aromatic heterocycles. The van der Waals surface area contributed by atoms with Crippen molar-refractivity contribution in [2.75, 3.05) is 7.05 Å². The molecule has 0 radical (unpaired) electrons. The number of nitrogens with zero attached hydrogens (tertiary/aromatic N) is 2. The SMILES string of the molecule is C/C=C/C=C/C(=O)N(C)[C@H](C)c1cccc([N+](=O)[O-])c1. The van der Waals surface area contributed by atoms with Crippen LogP contribution in [0.25, 0.3) is 0 Å². The Bertz CT molecular complexity index is 550. The molecule has 1 aromatic rings. The van der Waals surface area contributed by atoms with Gasteiger partial charge in [-0.25, -0.2) is 0 Å². The molecule has 0 unspecified atom stereocenters. The number of hydrogen-bond acceptors (Lipinski definition) is 3. The summed E-state index contributed by atoms with van der Waals surface area (Å²) in [6.45, 7) is 3.70. The third kappa shape index (κ3) is 4.05.